The second kappa shape index (κ2) is 6.03. The number of carboxylic acid groups (broad SMARTS) is 1. The lowest BCUT2D eigenvalue weighted by Crippen LogP contribution is -2.01. The molecular weight excluding hydrogens is 196 g/mol. The summed E-state index contributed by atoms with van der Waals surface area (Å²) >= 11 is 0. The van der Waals surface area contributed by atoms with Crippen LogP contribution in [0.2, 0.25) is 0 Å². The molecule has 0 bridgehead atoms. The Morgan fingerprint density at radius 2 is 1.93 bits per heavy atom. The van der Waals surface area contributed by atoms with Crippen molar-refractivity contribution >= 4 is 5.97 Å². The van der Waals surface area contributed by atoms with Crippen LogP contribution in [0.5, 0.6) is 5.75 Å². The molecule has 0 aliphatic heterocycles. The van der Waals surface area contributed by atoms with E-state index in [-0.39, 0.29) is 19.6 Å². The number of hydrogen-bond acceptors (Lipinski definition) is 3. The lowest BCUT2D eigenvalue weighted by molar-refractivity contribution is -0.136. The fourth-order valence-electron chi connectivity index (χ4n) is 1.17. The summed E-state index contributed by atoms with van der Waals surface area (Å²) < 4.78 is 5.17. The molecule has 0 atom stereocenters. The van der Waals surface area contributed by atoms with E-state index in [0.717, 1.165) is 5.56 Å². The Hall–Kier alpha value is -1.55. The first-order valence-electron chi connectivity index (χ1n) is 4.77. The van der Waals surface area contributed by atoms with Crippen LogP contribution in [0.15, 0.2) is 24.3 Å². The van der Waals surface area contributed by atoms with Gasteiger partial charge in [-0.15, -0.1) is 0 Å². The molecule has 82 valence electrons. The summed E-state index contributed by atoms with van der Waals surface area (Å²) in [6.45, 7) is 0.259. The molecular formula is C11H14O4. The van der Waals surface area contributed by atoms with Crippen LogP contribution >= 0.6 is 0 Å². The number of ether oxygens (including phenoxy) is 1. The second-order valence-electron chi connectivity index (χ2n) is 3.11. The van der Waals surface area contributed by atoms with Gasteiger partial charge < -0.3 is 14.9 Å². The molecule has 0 spiro atoms. The van der Waals surface area contributed by atoms with Crippen LogP contribution in [0.25, 0.3) is 0 Å². The summed E-state index contributed by atoms with van der Waals surface area (Å²) in [7, 11) is 0. The van der Waals surface area contributed by atoms with Crippen molar-refractivity contribution in [2.24, 2.45) is 0 Å². The Kier molecular flexibility index (Phi) is 4.63. The highest BCUT2D eigenvalue weighted by atomic mass is 16.5. The SMILES string of the molecule is O=C(O)CCc1ccc(OCCO)cc1. The van der Waals surface area contributed by atoms with Gasteiger partial charge in [-0.2, -0.15) is 0 Å². The van der Waals surface area contributed by atoms with Crippen molar-refractivity contribution < 1.29 is 19.7 Å². The zero-order valence-electron chi connectivity index (χ0n) is 8.35. The molecule has 1 rings (SSSR count). The fourth-order valence-corrected chi connectivity index (χ4v) is 1.17. The average Bonchev–Trinajstić information content (AvgIpc) is 2.25. The molecule has 1 aromatic rings. The lowest BCUT2D eigenvalue weighted by atomic mass is 10.1. The number of carboxylic acids is 1. The summed E-state index contributed by atoms with van der Waals surface area (Å²) in [6, 6.07) is 7.20. The Morgan fingerprint density at radius 1 is 1.27 bits per heavy atom. The molecule has 0 fully saturated rings. The highest BCUT2D eigenvalue weighted by Gasteiger charge is 1.99. The monoisotopic (exact) mass is 210 g/mol. The maximum atomic E-state index is 10.3. The molecule has 0 saturated heterocycles. The van der Waals surface area contributed by atoms with Gasteiger partial charge in [0.1, 0.15) is 12.4 Å². The molecule has 15 heavy (non-hydrogen) atoms. The number of aliphatic hydroxyl groups excluding tert-OH is 1. The normalized spacial score (nSPS) is 9.93. The Labute approximate surface area is 88.1 Å². The van der Waals surface area contributed by atoms with Crippen LogP contribution in [-0.4, -0.2) is 29.4 Å². The van der Waals surface area contributed by atoms with Crippen LogP contribution in [-0.2, 0) is 11.2 Å². The highest BCUT2D eigenvalue weighted by molar-refractivity contribution is 5.67. The van der Waals surface area contributed by atoms with E-state index in [2.05, 4.69) is 0 Å². The van der Waals surface area contributed by atoms with Crippen molar-refractivity contribution in [2.75, 3.05) is 13.2 Å². The third kappa shape index (κ3) is 4.46. The van der Waals surface area contributed by atoms with E-state index in [1.165, 1.54) is 0 Å². The second-order valence-corrected chi connectivity index (χ2v) is 3.11. The van der Waals surface area contributed by atoms with Gasteiger partial charge >= 0.3 is 5.97 Å². The minimum absolute atomic E-state index is 0.0131. The van der Waals surface area contributed by atoms with Gasteiger partial charge in [0.15, 0.2) is 0 Å². The number of hydrogen-bond donors (Lipinski definition) is 2. The summed E-state index contributed by atoms with van der Waals surface area (Å²) in [5, 5.41) is 17.0. The van der Waals surface area contributed by atoms with Crippen LogP contribution in [0, 0.1) is 0 Å². The van der Waals surface area contributed by atoms with Crippen LogP contribution in [0.3, 0.4) is 0 Å². The minimum atomic E-state index is -0.796. The highest BCUT2D eigenvalue weighted by Crippen LogP contribution is 2.13. The zero-order chi connectivity index (χ0) is 11.1. The van der Waals surface area contributed by atoms with Gasteiger partial charge in [0.25, 0.3) is 0 Å². The molecule has 0 unspecified atom stereocenters. The summed E-state index contributed by atoms with van der Waals surface area (Å²) in [4.78, 5) is 10.3. The maximum absolute atomic E-state index is 10.3. The molecule has 2 N–H and O–H groups in total. The molecule has 4 nitrogen and oxygen atoms in total. The number of carbonyl (C=O) groups is 1. The van der Waals surface area contributed by atoms with E-state index in [1.54, 1.807) is 12.1 Å². The van der Waals surface area contributed by atoms with Gasteiger partial charge in [-0.3, -0.25) is 4.79 Å². The third-order valence-corrected chi connectivity index (χ3v) is 1.91. The smallest absolute Gasteiger partial charge is 0.303 e. The first-order chi connectivity index (χ1) is 7.22. The van der Waals surface area contributed by atoms with Gasteiger partial charge in [0.2, 0.25) is 0 Å². The molecule has 0 aliphatic rings. The van der Waals surface area contributed by atoms with Crippen molar-refractivity contribution in [3.63, 3.8) is 0 Å². The lowest BCUT2D eigenvalue weighted by Gasteiger charge is -2.04. The fraction of sp³-hybridized carbons (Fsp3) is 0.364. The van der Waals surface area contributed by atoms with E-state index in [4.69, 9.17) is 14.9 Å². The molecule has 4 heteroatoms. The van der Waals surface area contributed by atoms with Gasteiger partial charge in [0, 0.05) is 6.42 Å². The van der Waals surface area contributed by atoms with Crippen LogP contribution in [0.4, 0.5) is 0 Å². The quantitative estimate of drug-likeness (QED) is 0.737. The van der Waals surface area contributed by atoms with E-state index in [0.29, 0.717) is 12.2 Å². The molecule has 0 amide bonds. The van der Waals surface area contributed by atoms with Crippen molar-refractivity contribution in [1.82, 2.24) is 0 Å². The average molecular weight is 210 g/mol. The first kappa shape index (κ1) is 11.5. The van der Waals surface area contributed by atoms with Crippen molar-refractivity contribution in [3.8, 4) is 5.75 Å². The van der Waals surface area contributed by atoms with Gasteiger partial charge in [-0.05, 0) is 24.1 Å². The number of rotatable bonds is 6. The van der Waals surface area contributed by atoms with Gasteiger partial charge in [0.05, 0.1) is 6.61 Å². The molecule has 0 heterocycles. The standard InChI is InChI=1S/C11H14O4/c12-7-8-15-10-4-1-9(2-5-10)3-6-11(13)14/h1-2,4-5,12H,3,6-8H2,(H,13,14). The van der Waals surface area contributed by atoms with Gasteiger partial charge in [-0.25, -0.2) is 0 Å². The topological polar surface area (TPSA) is 66.8 Å². The Bertz CT molecular complexity index is 305. The Morgan fingerprint density at radius 3 is 2.47 bits per heavy atom. The minimum Gasteiger partial charge on any atom is -0.491 e. The summed E-state index contributed by atoms with van der Waals surface area (Å²) in [6.07, 6.45) is 0.659. The van der Waals surface area contributed by atoms with E-state index < -0.39 is 5.97 Å². The van der Waals surface area contributed by atoms with E-state index >= 15 is 0 Å². The molecule has 0 aliphatic carbocycles. The zero-order valence-corrected chi connectivity index (χ0v) is 8.35. The number of aliphatic hydroxyl groups is 1. The summed E-state index contributed by atoms with van der Waals surface area (Å²) in [5.74, 6) is -0.112. The number of benzene rings is 1. The molecule has 0 aromatic heterocycles. The van der Waals surface area contributed by atoms with E-state index in [9.17, 15) is 4.79 Å². The Balaban J connectivity index is 2.45. The van der Waals surface area contributed by atoms with Gasteiger partial charge in [-0.1, -0.05) is 12.1 Å². The number of aliphatic carboxylic acids is 1. The number of aryl methyl sites for hydroxylation is 1. The van der Waals surface area contributed by atoms with Crippen molar-refractivity contribution in [2.45, 2.75) is 12.8 Å². The predicted molar refractivity (Wildman–Crippen MR) is 55.0 cm³/mol. The summed E-state index contributed by atoms with van der Waals surface area (Å²) in [5.41, 5.74) is 0.966. The van der Waals surface area contributed by atoms with Crippen LogP contribution < -0.4 is 4.74 Å². The molecule has 1 aromatic carbocycles. The molecule has 0 saturated carbocycles. The first-order valence-corrected chi connectivity index (χ1v) is 4.77. The third-order valence-electron chi connectivity index (χ3n) is 1.91. The van der Waals surface area contributed by atoms with Crippen molar-refractivity contribution in [1.29, 1.82) is 0 Å². The van der Waals surface area contributed by atoms with Crippen molar-refractivity contribution in [3.05, 3.63) is 29.8 Å². The van der Waals surface area contributed by atoms with Crippen LogP contribution in [0.1, 0.15) is 12.0 Å². The maximum Gasteiger partial charge on any atom is 0.303 e. The van der Waals surface area contributed by atoms with E-state index in [1.807, 2.05) is 12.1 Å². The largest absolute Gasteiger partial charge is 0.491 e. The predicted octanol–water partition coefficient (Wildman–Crippen LogP) is 1.07. The molecule has 0 radical (unpaired) electrons.